The fraction of sp³-hybridized carbons (Fsp3) is 0.600. The standard InChI is InChI=1S/C15H25N/c1-12(2)16-11-15(4,5)10-14-8-6-7-13(3)9-14/h6-9,12,16H,10-11H2,1-5H3. The Morgan fingerprint density at radius 1 is 1.25 bits per heavy atom. The molecule has 0 unspecified atom stereocenters. The number of aryl methyl sites for hydroxylation is 1. The van der Waals surface area contributed by atoms with Crippen LogP contribution in [-0.4, -0.2) is 12.6 Å². The molecule has 1 aromatic rings. The molecule has 0 spiro atoms. The zero-order valence-electron chi connectivity index (χ0n) is 11.3. The predicted octanol–water partition coefficient (Wildman–Crippen LogP) is 3.56. The van der Waals surface area contributed by atoms with Crippen LogP contribution in [-0.2, 0) is 6.42 Å². The minimum absolute atomic E-state index is 0.318. The van der Waals surface area contributed by atoms with Crippen LogP contribution in [0.5, 0.6) is 0 Å². The first kappa shape index (κ1) is 13.2. The molecule has 0 atom stereocenters. The Bertz CT molecular complexity index is 326. The molecule has 0 fully saturated rings. The van der Waals surface area contributed by atoms with Gasteiger partial charge in [0.05, 0.1) is 0 Å². The molecule has 0 saturated carbocycles. The number of benzene rings is 1. The third kappa shape index (κ3) is 4.80. The molecule has 1 N–H and O–H groups in total. The van der Waals surface area contributed by atoms with Gasteiger partial charge in [-0.25, -0.2) is 0 Å². The molecule has 0 aliphatic heterocycles. The molecule has 0 radical (unpaired) electrons. The maximum Gasteiger partial charge on any atom is 0.00106 e. The lowest BCUT2D eigenvalue weighted by molar-refractivity contribution is 0.326. The number of nitrogens with one attached hydrogen (secondary N) is 1. The van der Waals surface area contributed by atoms with Crippen LogP contribution in [0.25, 0.3) is 0 Å². The van der Waals surface area contributed by atoms with Crippen molar-refractivity contribution >= 4 is 0 Å². The molecule has 0 aliphatic rings. The highest BCUT2D eigenvalue weighted by Gasteiger charge is 2.18. The maximum absolute atomic E-state index is 3.52. The van der Waals surface area contributed by atoms with Crippen molar-refractivity contribution < 1.29 is 0 Å². The van der Waals surface area contributed by atoms with Crippen LogP contribution in [0.15, 0.2) is 24.3 Å². The van der Waals surface area contributed by atoms with Gasteiger partial charge in [0, 0.05) is 12.6 Å². The second-order valence-electron chi connectivity index (χ2n) is 5.87. The molecule has 1 nitrogen and oxygen atoms in total. The molecule has 90 valence electrons. The summed E-state index contributed by atoms with van der Waals surface area (Å²) in [5.74, 6) is 0. The molecule has 0 heterocycles. The lowest BCUT2D eigenvalue weighted by atomic mass is 9.85. The van der Waals surface area contributed by atoms with Gasteiger partial charge in [0.2, 0.25) is 0 Å². The molecule has 0 aliphatic carbocycles. The first-order valence-electron chi connectivity index (χ1n) is 6.18. The van der Waals surface area contributed by atoms with Gasteiger partial charge in [0.25, 0.3) is 0 Å². The first-order valence-corrected chi connectivity index (χ1v) is 6.18. The maximum atomic E-state index is 3.52. The molecule has 1 aromatic carbocycles. The summed E-state index contributed by atoms with van der Waals surface area (Å²) in [5, 5.41) is 3.52. The average molecular weight is 219 g/mol. The van der Waals surface area contributed by atoms with Crippen LogP contribution < -0.4 is 5.32 Å². The second-order valence-corrected chi connectivity index (χ2v) is 5.87. The zero-order chi connectivity index (χ0) is 12.2. The van der Waals surface area contributed by atoms with Crippen LogP contribution in [0.3, 0.4) is 0 Å². The fourth-order valence-electron chi connectivity index (χ4n) is 1.92. The summed E-state index contributed by atoms with van der Waals surface area (Å²) in [6.07, 6.45) is 1.13. The summed E-state index contributed by atoms with van der Waals surface area (Å²) < 4.78 is 0. The first-order chi connectivity index (χ1) is 7.39. The fourth-order valence-corrected chi connectivity index (χ4v) is 1.92. The third-order valence-corrected chi connectivity index (χ3v) is 2.75. The summed E-state index contributed by atoms with van der Waals surface area (Å²) >= 11 is 0. The zero-order valence-corrected chi connectivity index (χ0v) is 11.3. The highest BCUT2D eigenvalue weighted by molar-refractivity contribution is 5.23. The molecule has 0 saturated heterocycles. The van der Waals surface area contributed by atoms with Crippen molar-refractivity contribution in [3.63, 3.8) is 0 Å². The van der Waals surface area contributed by atoms with Gasteiger partial charge in [-0.1, -0.05) is 57.5 Å². The van der Waals surface area contributed by atoms with Crippen LogP contribution >= 0.6 is 0 Å². The van der Waals surface area contributed by atoms with Gasteiger partial charge in [-0.3, -0.25) is 0 Å². The monoisotopic (exact) mass is 219 g/mol. The van der Waals surface area contributed by atoms with Gasteiger partial charge in [-0.15, -0.1) is 0 Å². The van der Waals surface area contributed by atoms with Crippen molar-refractivity contribution in [3.05, 3.63) is 35.4 Å². The van der Waals surface area contributed by atoms with Crippen molar-refractivity contribution in [2.75, 3.05) is 6.54 Å². The summed E-state index contributed by atoms with van der Waals surface area (Å²) in [6.45, 7) is 12.3. The number of hydrogen-bond donors (Lipinski definition) is 1. The molecule has 1 rings (SSSR count). The summed E-state index contributed by atoms with van der Waals surface area (Å²) in [5.41, 5.74) is 3.11. The van der Waals surface area contributed by atoms with E-state index in [1.54, 1.807) is 0 Å². The molecular formula is C15H25N. The van der Waals surface area contributed by atoms with E-state index < -0.39 is 0 Å². The molecule has 1 heteroatoms. The van der Waals surface area contributed by atoms with Crippen molar-refractivity contribution in [2.45, 2.75) is 47.1 Å². The van der Waals surface area contributed by atoms with E-state index in [0.717, 1.165) is 13.0 Å². The Balaban J connectivity index is 2.58. The van der Waals surface area contributed by atoms with Crippen molar-refractivity contribution in [1.29, 1.82) is 0 Å². The number of hydrogen-bond acceptors (Lipinski definition) is 1. The van der Waals surface area contributed by atoms with Crippen LogP contribution in [0.2, 0.25) is 0 Å². The SMILES string of the molecule is Cc1cccc(CC(C)(C)CNC(C)C)c1. The van der Waals surface area contributed by atoms with Gasteiger partial charge in [0.15, 0.2) is 0 Å². The largest absolute Gasteiger partial charge is 0.314 e. The van der Waals surface area contributed by atoms with E-state index in [-0.39, 0.29) is 0 Å². The molecule has 0 bridgehead atoms. The Hall–Kier alpha value is -0.820. The topological polar surface area (TPSA) is 12.0 Å². The smallest absolute Gasteiger partial charge is 0.00106 e. The van der Waals surface area contributed by atoms with Crippen molar-refractivity contribution in [1.82, 2.24) is 5.32 Å². The summed E-state index contributed by atoms with van der Waals surface area (Å²) in [6, 6.07) is 9.39. The van der Waals surface area contributed by atoms with Crippen LogP contribution in [0, 0.1) is 12.3 Å². The molecule has 16 heavy (non-hydrogen) atoms. The van der Waals surface area contributed by atoms with E-state index in [9.17, 15) is 0 Å². The Morgan fingerprint density at radius 2 is 1.94 bits per heavy atom. The lowest BCUT2D eigenvalue weighted by Gasteiger charge is -2.26. The van der Waals surface area contributed by atoms with E-state index in [0.29, 0.717) is 11.5 Å². The second kappa shape index (κ2) is 5.49. The van der Waals surface area contributed by atoms with Gasteiger partial charge in [-0.05, 0) is 24.3 Å². The van der Waals surface area contributed by atoms with Crippen LogP contribution in [0.1, 0.15) is 38.8 Å². The normalized spacial score (nSPS) is 12.1. The molecule has 0 aromatic heterocycles. The third-order valence-electron chi connectivity index (χ3n) is 2.75. The van der Waals surface area contributed by atoms with E-state index in [2.05, 4.69) is 64.2 Å². The Morgan fingerprint density at radius 3 is 2.50 bits per heavy atom. The van der Waals surface area contributed by atoms with E-state index >= 15 is 0 Å². The van der Waals surface area contributed by atoms with Gasteiger partial charge in [0.1, 0.15) is 0 Å². The Kier molecular flexibility index (Phi) is 4.55. The molecular weight excluding hydrogens is 194 g/mol. The van der Waals surface area contributed by atoms with E-state index in [1.165, 1.54) is 11.1 Å². The molecule has 0 amide bonds. The van der Waals surface area contributed by atoms with E-state index in [4.69, 9.17) is 0 Å². The summed E-state index contributed by atoms with van der Waals surface area (Å²) in [4.78, 5) is 0. The van der Waals surface area contributed by atoms with E-state index in [1.807, 2.05) is 0 Å². The van der Waals surface area contributed by atoms with Gasteiger partial charge in [-0.2, -0.15) is 0 Å². The summed E-state index contributed by atoms with van der Waals surface area (Å²) in [7, 11) is 0. The minimum atomic E-state index is 0.318. The van der Waals surface area contributed by atoms with Gasteiger partial charge < -0.3 is 5.32 Å². The van der Waals surface area contributed by atoms with Gasteiger partial charge >= 0.3 is 0 Å². The lowest BCUT2D eigenvalue weighted by Crippen LogP contribution is -2.35. The average Bonchev–Trinajstić information content (AvgIpc) is 2.14. The Labute approximate surface area is 100 Å². The number of rotatable bonds is 5. The van der Waals surface area contributed by atoms with Crippen molar-refractivity contribution in [2.24, 2.45) is 5.41 Å². The van der Waals surface area contributed by atoms with Crippen molar-refractivity contribution in [3.8, 4) is 0 Å². The quantitative estimate of drug-likeness (QED) is 0.798. The highest BCUT2D eigenvalue weighted by Crippen LogP contribution is 2.21. The predicted molar refractivity (Wildman–Crippen MR) is 71.8 cm³/mol. The minimum Gasteiger partial charge on any atom is -0.314 e. The highest BCUT2D eigenvalue weighted by atomic mass is 14.9. The van der Waals surface area contributed by atoms with Crippen LogP contribution in [0.4, 0.5) is 0 Å².